The van der Waals surface area contributed by atoms with E-state index in [0.29, 0.717) is 24.5 Å². The molecule has 2 aliphatic heterocycles. The van der Waals surface area contributed by atoms with Crippen LogP contribution in [0.25, 0.3) is 0 Å². The van der Waals surface area contributed by atoms with Gasteiger partial charge in [-0.2, -0.15) is 11.8 Å². The fraction of sp³-hybridized carbons (Fsp3) is 0.784. The number of Topliss-reactive ketones (excluding diaryl/α,β-unsaturated/α-hetero) is 1. The fourth-order valence-corrected chi connectivity index (χ4v) is 11.7. The predicted octanol–water partition coefficient (Wildman–Crippen LogP) is 1.17. The molecule has 16 heteroatoms. The van der Waals surface area contributed by atoms with Crippen molar-refractivity contribution in [2.75, 3.05) is 25.5 Å². The summed E-state index contributed by atoms with van der Waals surface area (Å²) in [4.78, 5) is 74.7. The molecule has 0 bridgehead atoms. The maximum absolute atomic E-state index is 14.4. The smallest absolute Gasteiger partial charge is 0.336 e. The number of rotatable bonds is 14. The molecule has 4 fully saturated rings. The Hall–Kier alpha value is -3.05. The zero-order chi connectivity index (χ0) is 39.0. The number of fused-ring (bicyclic) bond motifs is 5. The number of hydrogen-bond acceptors (Lipinski definition) is 12. The van der Waals surface area contributed by atoms with Crippen LogP contribution < -0.4 is 16.4 Å². The number of carbonyl (C=O) groups is 6. The summed E-state index contributed by atoms with van der Waals surface area (Å²) in [6.07, 6.45) is 3.16. The van der Waals surface area contributed by atoms with E-state index in [2.05, 4.69) is 17.6 Å². The predicted molar refractivity (Wildman–Crippen MR) is 191 cm³/mol. The molecule has 296 valence electrons. The number of hydrogen-bond donors (Lipinski definition) is 7. The molecule has 15 nitrogen and oxygen atoms in total. The number of carboxylic acids is 2. The van der Waals surface area contributed by atoms with Crippen LogP contribution in [0.1, 0.15) is 85.5 Å². The molecule has 0 spiro atoms. The summed E-state index contributed by atoms with van der Waals surface area (Å²) >= 11 is 1.12. The van der Waals surface area contributed by atoms with Gasteiger partial charge in [0.1, 0.15) is 36.1 Å². The first kappa shape index (κ1) is 41.1. The standard InChI is InChI=1S/C37H55N3O12S/c1-18-11-20(52-34(50)21(18)15-41)12-19-5-6-23-22-16-51-37(4)31(46)27(13-28(42)36(37,3)24(22)9-10-35(19,23)2)53-17-26(32(47)39-14-30(44)45)40-29(43)8-7-25(38)33(48)49/h19-20,22-27,31,41,46H,5-17,38H2,1-4H3,(H,39,47)(H,40,43)(H,44,45)(H,48,49)/t19-,20-,22?,23?,24?,25-,26+,27?,31+,35-,36+,37+/m1/s1. The Labute approximate surface area is 313 Å². The highest BCUT2D eigenvalue weighted by Crippen LogP contribution is 2.67. The minimum absolute atomic E-state index is 0.00961. The number of amides is 2. The minimum atomic E-state index is -1.28. The molecule has 3 saturated carbocycles. The van der Waals surface area contributed by atoms with Crippen molar-refractivity contribution in [2.45, 2.75) is 121 Å². The van der Waals surface area contributed by atoms with Gasteiger partial charge in [0.05, 0.1) is 30.3 Å². The number of carboxylic acid groups (broad SMARTS) is 2. The second kappa shape index (κ2) is 16.0. The van der Waals surface area contributed by atoms with Crippen LogP contribution in [0, 0.1) is 34.5 Å². The highest BCUT2D eigenvalue weighted by Gasteiger charge is 2.70. The second-order valence-electron chi connectivity index (χ2n) is 16.4. The van der Waals surface area contributed by atoms with E-state index < -0.39 is 70.7 Å². The number of thioether (sulfide) groups is 1. The van der Waals surface area contributed by atoms with Crippen LogP contribution in [0.4, 0.5) is 0 Å². The van der Waals surface area contributed by atoms with Crippen LogP contribution >= 0.6 is 11.8 Å². The Morgan fingerprint density at radius 2 is 1.77 bits per heavy atom. The second-order valence-corrected chi connectivity index (χ2v) is 17.6. The first-order valence-corrected chi connectivity index (χ1v) is 19.7. The van der Waals surface area contributed by atoms with Gasteiger partial charge in [-0.25, -0.2) is 4.79 Å². The Morgan fingerprint density at radius 1 is 1.06 bits per heavy atom. The SMILES string of the molecule is CC1=C(CO)C(=O)O[C@@H](C[C@H]2CCC3C4CO[C@@]5(C)[C@@H](O)C(SC[C@H](NC(=O)CC[C@@H](N)C(=O)O)C(=O)NCC(=O)O)CC(=O)[C@]5(C)C4CC[C@@]32C)C1. The molecular weight excluding hydrogens is 710 g/mol. The van der Waals surface area contributed by atoms with Gasteiger partial charge in [-0.1, -0.05) is 12.5 Å². The third-order valence-corrected chi connectivity index (χ3v) is 15.1. The zero-order valence-electron chi connectivity index (χ0n) is 30.9. The first-order chi connectivity index (χ1) is 24.9. The monoisotopic (exact) mass is 765 g/mol. The van der Waals surface area contributed by atoms with Crippen molar-refractivity contribution < 1.29 is 58.7 Å². The molecule has 53 heavy (non-hydrogen) atoms. The summed E-state index contributed by atoms with van der Waals surface area (Å²) in [5, 5.41) is 43.7. The largest absolute Gasteiger partial charge is 0.480 e. The molecule has 0 aromatic carbocycles. The number of aliphatic hydroxyl groups is 2. The van der Waals surface area contributed by atoms with Crippen molar-refractivity contribution in [1.82, 2.24) is 10.6 Å². The van der Waals surface area contributed by atoms with Gasteiger partial charge in [-0.15, -0.1) is 0 Å². The molecule has 0 aromatic rings. The number of esters is 1. The van der Waals surface area contributed by atoms with Crippen molar-refractivity contribution in [1.29, 1.82) is 0 Å². The lowest BCUT2D eigenvalue weighted by atomic mass is 9.46. The maximum Gasteiger partial charge on any atom is 0.336 e. The van der Waals surface area contributed by atoms with Crippen molar-refractivity contribution in [3.63, 3.8) is 0 Å². The lowest BCUT2D eigenvalue weighted by Crippen LogP contribution is -2.72. The van der Waals surface area contributed by atoms with E-state index in [9.17, 15) is 39.0 Å². The van der Waals surface area contributed by atoms with Gasteiger partial charge in [0.15, 0.2) is 0 Å². The fourth-order valence-electron chi connectivity index (χ4n) is 10.3. The van der Waals surface area contributed by atoms with Crippen LogP contribution in [0.15, 0.2) is 11.1 Å². The Bertz CT molecular complexity index is 1520. The molecule has 2 amide bonds. The topological polar surface area (TPSA) is 252 Å². The molecular formula is C37H55N3O12S. The van der Waals surface area contributed by atoms with E-state index in [1.807, 2.05) is 13.8 Å². The Morgan fingerprint density at radius 3 is 2.42 bits per heavy atom. The normalized spacial score (nSPS) is 37.8. The van der Waals surface area contributed by atoms with Crippen LogP contribution in [-0.4, -0.2) is 117 Å². The van der Waals surface area contributed by atoms with Gasteiger partial charge in [-0.3, -0.25) is 24.0 Å². The molecule has 4 unspecified atom stereocenters. The quantitative estimate of drug-likeness (QED) is 0.123. The van der Waals surface area contributed by atoms with Crippen molar-refractivity contribution >= 4 is 47.3 Å². The lowest BCUT2D eigenvalue weighted by Gasteiger charge is -2.64. The number of cyclic esters (lactones) is 1. The van der Waals surface area contributed by atoms with Crippen LogP contribution in [-0.2, 0) is 38.2 Å². The Kier molecular flexibility index (Phi) is 12.4. The average Bonchev–Trinajstić information content (AvgIpc) is 3.43. The number of nitrogens with two attached hydrogens (primary N) is 1. The van der Waals surface area contributed by atoms with Gasteiger partial charge in [0, 0.05) is 30.3 Å². The lowest BCUT2D eigenvalue weighted by molar-refractivity contribution is -0.267. The van der Waals surface area contributed by atoms with Crippen LogP contribution in [0.2, 0.25) is 0 Å². The minimum Gasteiger partial charge on any atom is -0.480 e. The van der Waals surface area contributed by atoms with Crippen LogP contribution in [0.3, 0.4) is 0 Å². The van der Waals surface area contributed by atoms with E-state index in [4.69, 9.17) is 25.4 Å². The summed E-state index contributed by atoms with van der Waals surface area (Å²) < 4.78 is 12.4. The number of ketones is 1. The summed E-state index contributed by atoms with van der Waals surface area (Å²) in [5.41, 5.74) is 4.47. The zero-order valence-corrected chi connectivity index (χ0v) is 31.7. The highest BCUT2D eigenvalue weighted by molar-refractivity contribution is 8.00. The molecule has 2 heterocycles. The molecule has 0 aromatic heterocycles. The van der Waals surface area contributed by atoms with E-state index in [0.717, 1.165) is 49.4 Å². The third kappa shape index (κ3) is 7.76. The van der Waals surface area contributed by atoms with Crippen molar-refractivity contribution in [3.05, 3.63) is 11.1 Å². The van der Waals surface area contributed by atoms with Crippen molar-refractivity contribution in [2.24, 2.45) is 40.2 Å². The molecule has 12 atom stereocenters. The molecule has 5 aliphatic rings. The third-order valence-electron chi connectivity index (χ3n) is 13.7. The van der Waals surface area contributed by atoms with Crippen molar-refractivity contribution in [3.8, 4) is 0 Å². The van der Waals surface area contributed by atoms with E-state index in [-0.39, 0.29) is 66.7 Å². The number of carbonyl (C=O) groups excluding carboxylic acids is 4. The molecule has 5 rings (SSSR count). The van der Waals surface area contributed by atoms with Gasteiger partial charge in [0.25, 0.3) is 0 Å². The summed E-state index contributed by atoms with van der Waals surface area (Å²) in [5.74, 6) is -3.88. The summed E-state index contributed by atoms with van der Waals surface area (Å²) in [7, 11) is 0. The average molecular weight is 766 g/mol. The summed E-state index contributed by atoms with van der Waals surface area (Å²) in [6, 6.07) is -2.50. The highest BCUT2D eigenvalue weighted by atomic mass is 32.2. The van der Waals surface area contributed by atoms with E-state index in [1.54, 1.807) is 6.92 Å². The molecule has 8 N–H and O–H groups in total. The maximum atomic E-state index is 14.4. The van der Waals surface area contributed by atoms with E-state index >= 15 is 0 Å². The number of ether oxygens (including phenoxy) is 2. The van der Waals surface area contributed by atoms with Gasteiger partial charge in [0.2, 0.25) is 11.8 Å². The van der Waals surface area contributed by atoms with Gasteiger partial charge < -0.3 is 46.3 Å². The molecule has 0 radical (unpaired) electrons. The van der Waals surface area contributed by atoms with Gasteiger partial charge >= 0.3 is 17.9 Å². The molecule has 1 saturated heterocycles. The number of aliphatic carboxylic acids is 2. The van der Waals surface area contributed by atoms with Gasteiger partial charge in [-0.05, 0) is 88.4 Å². The van der Waals surface area contributed by atoms with E-state index in [1.165, 1.54) is 0 Å². The first-order valence-electron chi connectivity index (χ1n) is 18.6. The summed E-state index contributed by atoms with van der Waals surface area (Å²) in [6.45, 7) is 7.27. The number of aliphatic hydroxyl groups excluding tert-OH is 2. The van der Waals surface area contributed by atoms with Crippen LogP contribution in [0.5, 0.6) is 0 Å². The number of nitrogens with one attached hydrogen (secondary N) is 2. The Balaban J connectivity index is 1.26. The molecule has 3 aliphatic carbocycles.